The van der Waals surface area contributed by atoms with E-state index in [-0.39, 0.29) is 12.0 Å². The van der Waals surface area contributed by atoms with E-state index in [1.165, 1.54) is 6.33 Å². The van der Waals surface area contributed by atoms with E-state index < -0.39 is 5.54 Å². The van der Waals surface area contributed by atoms with E-state index in [4.69, 9.17) is 4.74 Å². The van der Waals surface area contributed by atoms with Crippen LogP contribution in [-0.4, -0.2) is 44.7 Å². The molecule has 1 rings (SSSR count). The van der Waals surface area contributed by atoms with Crippen LogP contribution in [0.3, 0.4) is 0 Å². The third kappa shape index (κ3) is 4.79. The molecule has 6 nitrogen and oxygen atoms in total. The molecule has 1 aromatic heterocycles. The molecule has 1 atom stereocenters. The number of thioether (sulfide) groups is 1. The summed E-state index contributed by atoms with van der Waals surface area (Å²) in [7, 11) is 1.85. The lowest BCUT2D eigenvalue weighted by Crippen LogP contribution is -2.53. The summed E-state index contributed by atoms with van der Waals surface area (Å²) < 4.78 is 6.90. The molecule has 0 saturated heterocycles. The van der Waals surface area contributed by atoms with Crippen molar-refractivity contribution in [2.75, 3.05) is 12.4 Å². The summed E-state index contributed by atoms with van der Waals surface area (Å²) >= 11 is 1.58. The number of ether oxygens (including phenoxy) is 1. The number of rotatable bonds is 8. The van der Waals surface area contributed by atoms with E-state index in [0.717, 1.165) is 10.9 Å². The molecule has 1 unspecified atom stereocenters. The lowest BCUT2D eigenvalue weighted by atomic mass is 9.98. The van der Waals surface area contributed by atoms with Crippen molar-refractivity contribution < 1.29 is 9.53 Å². The van der Waals surface area contributed by atoms with Gasteiger partial charge in [0.25, 0.3) is 0 Å². The standard InChI is InChI=1S/C13H24N4O2S/c1-6-19-11(18)13(4,16-10(2)3)7-8-20-12-14-9-15-17(12)5/h9-10,16H,6-8H2,1-5H3. The van der Waals surface area contributed by atoms with Gasteiger partial charge in [-0.2, -0.15) is 5.10 Å². The Balaban J connectivity index is 2.60. The van der Waals surface area contributed by atoms with Crippen LogP contribution in [0.5, 0.6) is 0 Å². The van der Waals surface area contributed by atoms with E-state index in [9.17, 15) is 4.79 Å². The van der Waals surface area contributed by atoms with E-state index in [0.29, 0.717) is 13.0 Å². The first-order chi connectivity index (χ1) is 9.39. The highest BCUT2D eigenvalue weighted by Gasteiger charge is 2.34. The molecular weight excluding hydrogens is 276 g/mol. The summed E-state index contributed by atoms with van der Waals surface area (Å²) in [5.74, 6) is 0.564. The maximum Gasteiger partial charge on any atom is 0.326 e. The first kappa shape index (κ1) is 17.0. The number of nitrogens with one attached hydrogen (secondary N) is 1. The second kappa shape index (κ2) is 7.64. The van der Waals surface area contributed by atoms with Gasteiger partial charge in [-0.05, 0) is 34.1 Å². The van der Waals surface area contributed by atoms with Crippen LogP contribution in [0, 0.1) is 0 Å². The van der Waals surface area contributed by atoms with Gasteiger partial charge in [-0.15, -0.1) is 0 Å². The number of esters is 1. The molecule has 0 amide bonds. The summed E-state index contributed by atoms with van der Waals surface area (Å²) in [6, 6.07) is 0.212. The Kier molecular flexibility index (Phi) is 6.48. The van der Waals surface area contributed by atoms with Gasteiger partial charge in [-0.1, -0.05) is 11.8 Å². The molecule has 0 fully saturated rings. The van der Waals surface area contributed by atoms with Crippen molar-refractivity contribution in [3.05, 3.63) is 6.33 Å². The van der Waals surface area contributed by atoms with Crippen molar-refractivity contribution in [3.63, 3.8) is 0 Å². The molecule has 0 aliphatic heterocycles. The van der Waals surface area contributed by atoms with Crippen molar-refractivity contribution in [2.45, 2.75) is 50.9 Å². The molecule has 1 heterocycles. The molecule has 0 aliphatic rings. The molecule has 1 N–H and O–H groups in total. The van der Waals surface area contributed by atoms with Crippen LogP contribution in [0.1, 0.15) is 34.1 Å². The van der Waals surface area contributed by atoms with Gasteiger partial charge in [0.05, 0.1) is 6.61 Å². The third-order valence-corrected chi connectivity index (χ3v) is 3.87. The van der Waals surface area contributed by atoms with Gasteiger partial charge in [-0.25, -0.2) is 9.67 Å². The highest BCUT2D eigenvalue weighted by atomic mass is 32.2. The summed E-state index contributed by atoms with van der Waals surface area (Å²) in [4.78, 5) is 16.3. The number of carbonyl (C=O) groups is 1. The van der Waals surface area contributed by atoms with Crippen molar-refractivity contribution in [3.8, 4) is 0 Å². The van der Waals surface area contributed by atoms with Crippen LogP contribution < -0.4 is 5.32 Å². The first-order valence-electron chi connectivity index (χ1n) is 6.80. The van der Waals surface area contributed by atoms with E-state index >= 15 is 0 Å². The highest BCUT2D eigenvalue weighted by molar-refractivity contribution is 7.99. The maximum atomic E-state index is 12.1. The SMILES string of the molecule is CCOC(=O)C(C)(CCSc1ncnn1C)NC(C)C. The van der Waals surface area contributed by atoms with Crippen molar-refractivity contribution in [1.29, 1.82) is 0 Å². The van der Waals surface area contributed by atoms with Gasteiger partial charge < -0.3 is 4.74 Å². The van der Waals surface area contributed by atoms with Gasteiger partial charge in [0.15, 0.2) is 5.16 Å². The van der Waals surface area contributed by atoms with Gasteiger partial charge in [0.2, 0.25) is 0 Å². The first-order valence-corrected chi connectivity index (χ1v) is 7.79. The fourth-order valence-electron chi connectivity index (χ4n) is 1.92. The Bertz CT molecular complexity index is 436. The summed E-state index contributed by atoms with van der Waals surface area (Å²) in [6.45, 7) is 8.15. The number of aryl methyl sites for hydroxylation is 1. The maximum absolute atomic E-state index is 12.1. The fourth-order valence-corrected chi connectivity index (χ4v) is 2.97. The summed E-state index contributed by atoms with van der Waals surface area (Å²) in [6.07, 6.45) is 2.20. The average molecular weight is 300 g/mol. The molecule has 1 aromatic rings. The van der Waals surface area contributed by atoms with Crippen LogP contribution in [-0.2, 0) is 16.6 Å². The lowest BCUT2D eigenvalue weighted by molar-refractivity contribution is -0.150. The topological polar surface area (TPSA) is 69.0 Å². The largest absolute Gasteiger partial charge is 0.465 e. The monoisotopic (exact) mass is 300 g/mol. The van der Waals surface area contributed by atoms with Crippen molar-refractivity contribution in [1.82, 2.24) is 20.1 Å². The van der Waals surface area contributed by atoms with Crippen LogP contribution in [0.2, 0.25) is 0 Å². The van der Waals surface area contributed by atoms with Crippen molar-refractivity contribution >= 4 is 17.7 Å². The number of carbonyl (C=O) groups excluding carboxylic acids is 1. The summed E-state index contributed by atoms with van der Waals surface area (Å²) in [5.41, 5.74) is -0.671. The molecule has 7 heteroatoms. The predicted molar refractivity (Wildman–Crippen MR) is 79.7 cm³/mol. The Morgan fingerprint density at radius 2 is 2.30 bits per heavy atom. The zero-order chi connectivity index (χ0) is 15.2. The number of aromatic nitrogens is 3. The Morgan fingerprint density at radius 3 is 2.80 bits per heavy atom. The molecule has 20 heavy (non-hydrogen) atoms. The minimum atomic E-state index is -0.671. The van der Waals surface area contributed by atoms with Crippen LogP contribution in [0.4, 0.5) is 0 Å². The molecule has 0 radical (unpaired) electrons. The molecule has 114 valence electrons. The zero-order valence-corrected chi connectivity index (χ0v) is 13.7. The second-order valence-electron chi connectivity index (χ2n) is 5.12. The molecule has 0 saturated carbocycles. The average Bonchev–Trinajstić information content (AvgIpc) is 2.74. The molecule has 0 bridgehead atoms. The van der Waals surface area contributed by atoms with Gasteiger partial charge in [-0.3, -0.25) is 10.1 Å². The normalized spacial score (nSPS) is 14.3. The van der Waals surface area contributed by atoms with Crippen LogP contribution in [0.25, 0.3) is 0 Å². The molecule has 0 spiro atoms. The van der Waals surface area contributed by atoms with Crippen LogP contribution >= 0.6 is 11.8 Å². The highest BCUT2D eigenvalue weighted by Crippen LogP contribution is 2.21. The summed E-state index contributed by atoms with van der Waals surface area (Å²) in [5, 5.41) is 8.17. The number of hydrogen-bond acceptors (Lipinski definition) is 6. The van der Waals surface area contributed by atoms with Gasteiger partial charge >= 0.3 is 5.97 Å². The zero-order valence-electron chi connectivity index (χ0n) is 12.8. The number of nitrogens with zero attached hydrogens (tertiary/aromatic N) is 3. The van der Waals surface area contributed by atoms with Gasteiger partial charge in [0.1, 0.15) is 11.9 Å². The minimum Gasteiger partial charge on any atom is -0.465 e. The second-order valence-corrected chi connectivity index (χ2v) is 6.18. The van der Waals surface area contributed by atoms with Crippen LogP contribution in [0.15, 0.2) is 11.5 Å². The van der Waals surface area contributed by atoms with E-state index in [1.807, 2.05) is 34.7 Å². The third-order valence-electron chi connectivity index (χ3n) is 2.84. The van der Waals surface area contributed by atoms with E-state index in [2.05, 4.69) is 15.4 Å². The Labute approximate surface area is 124 Å². The Hall–Kier alpha value is -1.08. The number of hydrogen-bond donors (Lipinski definition) is 1. The van der Waals surface area contributed by atoms with E-state index in [1.54, 1.807) is 16.4 Å². The van der Waals surface area contributed by atoms with Gasteiger partial charge in [0, 0.05) is 18.8 Å². The minimum absolute atomic E-state index is 0.202. The molecule has 0 aliphatic carbocycles. The quantitative estimate of drug-likeness (QED) is 0.581. The lowest BCUT2D eigenvalue weighted by Gasteiger charge is -2.30. The molecule has 0 aromatic carbocycles. The fraction of sp³-hybridized carbons (Fsp3) is 0.769. The smallest absolute Gasteiger partial charge is 0.326 e. The Morgan fingerprint density at radius 1 is 1.60 bits per heavy atom. The predicted octanol–water partition coefficient (Wildman–Crippen LogP) is 1.62. The van der Waals surface area contributed by atoms with Crippen molar-refractivity contribution in [2.24, 2.45) is 7.05 Å². The molecular formula is C13H24N4O2S.